The minimum absolute atomic E-state index is 0.0388. The third-order valence-electron chi connectivity index (χ3n) is 13.3. The van der Waals surface area contributed by atoms with Crippen molar-refractivity contribution < 1.29 is 54.3 Å². The zero-order chi connectivity index (χ0) is 56.0. The number of hydrogen-bond donors (Lipinski definition) is 3. The van der Waals surface area contributed by atoms with Gasteiger partial charge in [0.05, 0.1) is 64.3 Å². The van der Waals surface area contributed by atoms with Gasteiger partial charge in [0.25, 0.3) is 5.69 Å². The Morgan fingerprint density at radius 2 is 1.12 bits per heavy atom. The lowest BCUT2D eigenvalue weighted by Crippen LogP contribution is -2.34. The van der Waals surface area contributed by atoms with Crippen molar-refractivity contribution in [3.63, 3.8) is 0 Å². The van der Waals surface area contributed by atoms with Crippen molar-refractivity contribution in [2.75, 3.05) is 71.0 Å². The smallest absolute Gasteiger partial charge is 0.409 e. The topological polar surface area (TPSA) is 251 Å². The molecule has 0 amide bonds. The number of sulfonamides is 2. The number of aromatic nitrogens is 4. The van der Waals surface area contributed by atoms with Crippen LogP contribution in [0.25, 0.3) is 0 Å². The number of nitrogens with one attached hydrogen (secondary N) is 3. The second kappa shape index (κ2) is 27.8. The van der Waals surface area contributed by atoms with E-state index >= 15 is 0 Å². The first-order valence-electron chi connectivity index (χ1n) is 25.5. The van der Waals surface area contributed by atoms with E-state index in [0.717, 1.165) is 96.6 Å². The van der Waals surface area contributed by atoms with E-state index in [-0.39, 0.29) is 41.0 Å². The van der Waals surface area contributed by atoms with Crippen molar-refractivity contribution in [2.45, 2.75) is 102 Å². The highest BCUT2D eigenvalue weighted by Crippen LogP contribution is 2.33. The monoisotopic (exact) mass is 1160 g/mol. The second-order valence-corrected chi connectivity index (χ2v) is 23.7. The van der Waals surface area contributed by atoms with Gasteiger partial charge in [-0.1, -0.05) is 35.3 Å². The van der Waals surface area contributed by atoms with E-state index in [2.05, 4.69) is 40.8 Å². The number of hydrogen-bond acceptors (Lipinski definition) is 16. The fourth-order valence-corrected chi connectivity index (χ4v) is 10.8. The number of piperidine rings is 3. The third-order valence-corrected chi connectivity index (χ3v) is 15.0. The average molecular weight is 1170 g/mol. The van der Waals surface area contributed by atoms with Crippen LogP contribution in [0.15, 0.2) is 85.2 Å². The van der Waals surface area contributed by atoms with E-state index in [1.807, 2.05) is 30.3 Å². The van der Waals surface area contributed by atoms with Gasteiger partial charge in [-0.15, -0.1) is 10.2 Å². The Hall–Kier alpha value is -5.96. The van der Waals surface area contributed by atoms with Crippen LogP contribution < -0.4 is 29.3 Å². The maximum absolute atomic E-state index is 13.4. The maximum atomic E-state index is 13.4. The molecule has 0 radical (unpaired) electrons. The highest BCUT2D eigenvalue weighted by atomic mass is 35.5. The van der Waals surface area contributed by atoms with Gasteiger partial charge in [0.2, 0.25) is 26.0 Å². The first kappa shape index (κ1) is 59.7. The largest absolute Gasteiger partial charge is 0.440 e. The number of carbonyl (C=O) groups excluding carboxylic acids is 2. The van der Waals surface area contributed by atoms with Crippen molar-refractivity contribution in [1.82, 2.24) is 24.9 Å². The number of alkyl halides is 2. The van der Waals surface area contributed by atoms with Crippen LogP contribution in [0.4, 0.5) is 42.3 Å². The number of nitrogens with zero attached hydrogens (tertiary/aromatic N) is 7. The Morgan fingerprint density at radius 1 is 0.667 bits per heavy atom. The molecule has 5 aromatic rings. The summed E-state index contributed by atoms with van der Waals surface area (Å²) in [6.45, 7) is 5.95. The molecule has 2 aromatic heterocycles. The number of benzene rings is 3. The number of halogens is 4. The van der Waals surface area contributed by atoms with E-state index in [1.54, 1.807) is 0 Å². The zero-order valence-corrected chi connectivity index (χ0v) is 46.3. The zero-order valence-electron chi connectivity index (χ0n) is 43.1. The summed E-state index contributed by atoms with van der Waals surface area (Å²) in [4.78, 5) is 38.7. The number of rotatable bonds is 15. The minimum Gasteiger partial charge on any atom is -0.409 e. The molecule has 3 aliphatic heterocycles. The molecular formula is C51H64Cl2F2N10O11S2. The van der Waals surface area contributed by atoms with Crippen LogP contribution in [-0.2, 0) is 42.7 Å². The predicted octanol–water partition coefficient (Wildman–Crippen LogP) is 9.02. The predicted molar refractivity (Wildman–Crippen MR) is 293 cm³/mol. The Bertz CT molecular complexity index is 3040. The van der Waals surface area contributed by atoms with Crippen molar-refractivity contribution in [3.8, 4) is 5.75 Å². The molecule has 0 atom stereocenters. The number of non-ortho nitro benzene ring substituents is 1. The summed E-state index contributed by atoms with van der Waals surface area (Å²) >= 11 is 12.9. The Kier molecular flexibility index (Phi) is 21.2. The van der Waals surface area contributed by atoms with Gasteiger partial charge in [0, 0.05) is 68.8 Å². The number of nitro benzene ring substituents is 1. The molecule has 78 heavy (non-hydrogen) atoms. The summed E-state index contributed by atoms with van der Waals surface area (Å²) in [5, 5.41) is 22.9. The summed E-state index contributed by atoms with van der Waals surface area (Å²) in [6.07, 6.45) is 10.1. The molecular weight excluding hydrogens is 1100 g/mol. The molecule has 5 heterocycles. The first-order chi connectivity index (χ1) is 37.1. The van der Waals surface area contributed by atoms with Gasteiger partial charge in [-0.05, 0) is 125 Å². The van der Waals surface area contributed by atoms with Gasteiger partial charge >= 0.3 is 6.09 Å². The number of ether oxygens (including phenoxy) is 3. The molecule has 1 aliphatic carbocycles. The van der Waals surface area contributed by atoms with Gasteiger partial charge < -0.3 is 29.3 Å². The Morgan fingerprint density at radius 3 is 1.56 bits per heavy atom. The number of nitro groups is 1. The standard InChI is InChI=1S/C23H30ClFN4O4S.C17H24ClFN2O.C11H10N4O6S/c1-34(31,32)27-22-10-13-29(26-22)23(30)17-3-5-19(6-4-17)33-15-16-2-7-21(20(24)14-16)28-11-8-18(25)9-12-28;18-16-11-13(12-22-15-3-7-20-8-4-15)1-2-17(16)21-9-5-14(19)6-10-21;1-22(19,20)13-10-6-7-14(12-10)11(16)21-9-4-2-8(3-5-9)15(17)18/h2,7,10,13-14,17-19H,3-6,8-9,11-12,15H2,1H3,(H,26,27);1-2,11,14-15,20H,3-10,12H2;2-7H,1H3,(H,12,13). The average Bonchev–Trinajstić information content (AvgIpc) is 4.09. The molecule has 3 saturated heterocycles. The summed E-state index contributed by atoms with van der Waals surface area (Å²) in [6, 6.07) is 19.6. The van der Waals surface area contributed by atoms with E-state index in [1.165, 1.54) is 53.5 Å². The molecule has 3 aromatic carbocycles. The molecule has 0 bridgehead atoms. The lowest BCUT2D eigenvalue weighted by molar-refractivity contribution is -0.384. The van der Waals surface area contributed by atoms with E-state index in [0.29, 0.717) is 76.0 Å². The molecule has 9 rings (SSSR count). The quantitative estimate of drug-likeness (QED) is 0.0653. The first-order valence-corrected chi connectivity index (χ1v) is 30.0. The molecule has 0 spiro atoms. The van der Waals surface area contributed by atoms with Crippen LogP contribution in [-0.4, -0.2) is 130 Å². The van der Waals surface area contributed by atoms with Crippen LogP contribution in [0.3, 0.4) is 0 Å². The number of anilines is 4. The molecule has 3 N–H and O–H groups in total. The van der Waals surface area contributed by atoms with Gasteiger partial charge in [0.15, 0.2) is 11.6 Å². The maximum Gasteiger partial charge on any atom is 0.440 e. The third kappa shape index (κ3) is 18.6. The molecule has 0 unspecified atom stereocenters. The Balaban J connectivity index is 0.000000176. The highest BCUT2D eigenvalue weighted by Gasteiger charge is 2.29. The van der Waals surface area contributed by atoms with Gasteiger partial charge in [-0.25, -0.2) is 35.1 Å². The van der Waals surface area contributed by atoms with Crippen molar-refractivity contribution >= 4 is 83.9 Å². The summed E-state index contributed by atoms with van der Waals surface area (Å²) in [5.74, 6) is -0.136. The van der Waals surface area contributed by atoms with E-state index in [9.17, 15) is 45.3 Å². The summed E-state index contributed by atoms with van der Waals surface area (Å²) in [7, 11) is -6.95. The molecule has 424 valence electrons. The fraction of sp³-hybridized carbons (Fsp3) is 0.490. The van der Waals surface area contributed by atoms with Crippen LogP contribution >= 0.6 is 23.2 Å². The van der Waals surface area contributed by atoms with Crippen LogP contribution in [0.2, 0.25) is 10.0 Å². The van der Waals surface area contributed by atoms with Crippen LogP contribution in [0.5, 0.6) is 5.75 Å². The molecule has 27 heteroatoms. The van der Waals surface area contributed by atoms with Gasteiger partial charge in [-0.2, -0.15) is 4.68 Å². The SMILES string of the molecule is CS(=O)(=O)Nc1ccn(C(=O)C2CCC(OCc3ccc(N4CCC(F)CC4)c(Cl)c3)CC2)n1.CS(=O)(=O)Nc1ccn(C(=O)Oc2ccc([N+](=O)[O-])cc2)n1.FC1CCN(c2ccc(COC3CCNCC3)cc2Cl)CC1. The van der Waals surface area contributed by atoms with E-state index in [4.69, 9.17) is 37.4 Å². The Labute approximate surface area is 462 Å². The second-order valence-electron chi connectivity index (χ2n) is 19.4. The number of carbonyl (C=O) groups is 2. The lowest BCUT2D eigenvalue weighted by Gasteiger charge is -2.31. The molecule has 4 aliphatic rings. The van der Waals surface area contributed by atoms with E-state index < -0.39 is 43.4 Å². The van der Waals surface area contributed by atoms with Crippen LogP contribution in [0.1, 0.15) is 80.1 Å². The summed E-state index contributed by atoms with van der Waals surface area (Å²) < 4.78 is 94.7. The van der Waals surface area contributed by atoms with Gasteiger partial charge in [0.1, 0.15) is 18.1 Å². The molecule has 21 nitrogen and oxygen atoms in total. The van der Waals surface area contributed by atoms with Crippen molar-refractivity contribution in [1.29, 1.82) is 0 Å². The lowest BCUT2D eigenvalue weighted by atomic mass is 9.87. The molecule has 4 fully saturated rings. The minimum atomic E-state index is -3.50. The highest BCUT2D eigenvalue weighted by molar-refractivity contribution is 7.92. The normalized spacial score (nSPS) is 18.7. The van der Waals surface area contributed by atoms with Gasteiger partial charge in [-0.3, -0.25) is 24.4 Å². The van der Waals surface area contributed by atoms with Crippen molar-refractivity contribution in [2.24, 2.45) is 5.92 Å². The molecule has 1 saturated carbocycles. The van der Waals surface area contributed by atoms with Crippen molar-refractivity contribution in [3.05, 3.63) is 116 Å². The fourth-order valence-electron chi connectivity index (χ4n) is 9.17. The summed E-state index contributed by atoms with van der Waals surface area (Å²) in [5.41, 5.74) is 3.89. The van der Waals surface area contributed by atoms with Crippen LogP contribution in [0, 0.1) is 16.0 Å².